The van der Waals surface area contributed by atoms with E-state index in [9.17, 15) is 10.5 Å². The van der Waals surface area contributed by atoms with E-state index in [0.717, 1.165) is 55.3 Å². The molecule has 6 rings (SSSR count). The lowest BCUT2D eigenvalue weighted by atomic mass is 9.88. The Morgan fingerprint density at radius 2 is 1.20 bits per heavy atom. The molecule has 2 aromatic heterocycles. The van der Waals surface area contributed by atoms with Gasteiger partial charge in [-0.3, -0.25) is 4.98 Å². The molecule has 6 aromatic rings. The minimum absolute atomic E-state index is 0.620. The average Bonchev–Trinajstić information content (AvgIpc) is 3.32. The molecular weight excluding hydrogens is 428 g/mol. The summed E-state index contributed by atoms with van der Waals surface area (Å²) in [5, 5.41) is 20.8. The molecule has 0 atom stereocenters. The van der Waals surface area contributed by atoms with Crippen LogP contribution in [0.2, 0.25) is 0 Å². The zero-order chi connectivity index (χ0) is 23.8. The molecule has 0 spiro atoms. The summed E-state index contributed by atoms with van der Waals surface area (Å²) < 4.78 is 0. The fraction of sp³-hybridized carbons (Fsp3) is 0. The van der Waals surface area contributed by atoms with Crippen molar-refractivity contribution in [2.24, 2.45) is 0 Å². The number of aromatic amines is 1. The van der Waals surface area contributed by atoms with Gasteiger partial charge in [0, 0.05) is 28.0 Å². The van der Waals surface area contributed by atoms with Crippen molar-refractivity contribution in [3.05, 3.63) is 114 Å². The highest BCUT2D eigenvalue weighted by Crippen LogP contribution is 2.42. The summed E-state index contributed by atoms with van der Waals surface area (Å²) in [6.07, 6.45) is 1.86. The summed E-state index contributed by atoms with van der Waals surface area (Å²) in [5.74, 6) is 0. The Labute approximate surface area is 202 Å². The van der Waals surface area contributed by atoms with Gasteiger partial charge in [-0.2, -0.15) is 10.5 Å². The van der Waals surface area contributed by atoms with Crippen molar-refractivity contribution in [3.63, 3.8) is 0 Å². The summed E-state index contributed by atoms with van der Waals surface area (Å²) >= 11 is 0. The first-order valence-electron chi connectivity index (χ1n) is 11.3. The van der Waals surface area contributed by atoms with Crippen molar-refractivity contribution >= 4 is 21.8 Å². The number of hydrogen-bond donors (Lipinski definition) is 1. The maximum Gasteiger partial charge on any atom is 0.0991 e. The smallest absolute Gasteiger partial charge is 0.0991 e. The number of H-pyrrole nitrogens is 1. The van der Waals surface area contributed by atoms with Gasteiger partial charge in [0.25, 0.3) is 0 Å². The molecule has 0 fully saturated rings. The van der Waals surface area contributed by atoms with Crippen LogP contribution >= 0.6 is 0 Å². The second-order valence-corrected chi connectivity index (χ2v) is 8.36. The molecule has 4 aromatic carbocycles. The van der Waals surface area contributed by atoms with Gasteiger partial charge in [0.1, 0.15) is 0 Å². The summed E-state index contributed by atoms with van der Waals surface area (Å²) in [5.41, 5.74) is 9.19. The Morgan fingerprint density at radius 3 is 1.80 bits per heavy atom. The zero-order valence-electron chi connectivity index (χ0n) is 18.7. The number of para-hydroxylation sites is 1. The van der Waals surface area contributed by atoms with Gasteiger partial charge in [0.05, 0.1) is 34.5 Å². The van der Waals surface area contributed by atoms with Crippen molar-refractivity contribution in [1.82, 2.24) is 9.97 Å². The number of benzene rings is 4. The van der Waals surface area contributed by atoms with Crippen LogP contribution in [0.5, 0.6) is 0 Å². The normalized spacial score (nSPS) is 10.8. The van der Waals surface area contributed by atoms with E-state index < -0.39 is 0 Å². The number of rotatable bonds is 3. The standard InChI is InChI=1S/C31H18N4/c32-18-20-8-12-22(13-9-20)24-5-3-6-25(23-14-10-21(19-33)11-15-23)29(24)31-30-27(16-17-34-31)26-4-1-2-7-28(26)35-30/h1-17,35H. The molecule has 1 N–H and O–H groups in total. The molecule has 0 amide bonds. The minimum atomic E-state index is 0.620. The van der Waals surface area contributed by atoms with E-state index in [-0.39, 0.29) is 0 Å². The van der Waals surface area contributed by atoms with E-state index in [1.807, 2.05) is 79.0 Å². The molecule has 0 radical (unpaired) electrons. The van der Waals surface area contributed by atoms with Gasteiger partial charge in [-0.1, -0.05) is 60.7 Å². The number of nitriles is 2. The monoisotopic (exact) mass is 446 g/mol. The van der Waals surface area contributed by atoms with E-state index in [0.29, 0.717) is 11.1 Å². The predicted octanol–water partition coefficient (Wildman–Crippen LogP) is 7.46. The van der Waals surface area contributed by atoms with E-state index in [1.54, 1.807) is 0 Å². The number of nitrogens with zero attached hydrogens (tertiary/aromatic N) is 3. The second kappa shape index (κ2) is 8.30. The SMILES string of the molecule is N#Cc1ccc(-c2cccc(-c3ccc(C#N)cc3)c2-c2nccc3c2[nH]c2ccccc23)cc1. The Balaban J connectivity index is 1.69. The largest absolute Gasteiger partial charge is 0.353 e. The third-order valence-electron chi connectivity index (χ3n) is 6.38. The van der Waals surface area contributed by atoms with Crippen LogP contribution in [0.15, 0.2) is 103 Å². The average molecular weight is 447 g/mol. The lowest BCUT2D eigenvalue weighted by Gasteiger charge is -2.16. The lowest BCUT2D eigenvalue weighted by Crippen LogP contribution is -1.94. The summed E-state index contributed by atoms with van der Waals surface area (Å²) in [6.45, 7) is 0. The summed E-state index contributed by atoms with van der Waals surface area (Å²) in [7, 11) is 0. The van der Waals surface area contributed by atoms with Gasteiger partial charge in [-0.05, 0) is 58.7 Å². The maximum absolute atomic E-state index is 9.27. The Hall–Kier alpha value is -5.19. The fourth-order valence-electron chi connectivity index (χ4n) is 4.70. The van der Waals surface area contributed by atoms with Crippen LogP contribution < -0.4 is 0 Å². The summed E-state index contributed by atoms with van der Waals surface area (Å²) in [6, 6.07) is 36.2. The molecule has 4 heteroatoms. The Morgan fingerprint density at radius 1 is 0.600 bits per heavy atom. The summed E-state index contributed by atoms with van der Waals surface area (Å²) in [4.78, 5) is 8.47. The van der Waals surface area contributed by atoms with E-state index in [2.05, 4.69) is 41.4 Å². The van der Waals surface area contributed by atoms with Crippen molar-refractivity contribution in [2.45, 2.75) is 0 Å². The van der Waals surface area contributed by atoms with Crippen molar-refractivity contribution in [1.29, 1.82) is 10.5 Å². The van der Waals surface area contributed by atoms with E-state index in [4.69, 9.17) is 4.98 Å². The topological polar surface area (TPSA) is 76.3 Å². The molecule has 0 unspecified atom stereocenters. The molecule has 162 valence electrons. The predicted molar refractivity (Wildman–Crippen MR) is 139 cm³/mol. The van der Waals surface area contributed by atoms with Gasteiger partial charge in [0.2, 0.25) is 0 Å². The van der Waals surface area contributed by atoms with E-state index in [1.165, 1.54) is 0 Å². The van der Waals surface area contributed by atoms with E-state index >= 15 is 0 Å². The number of pyridine rings is 1. The molecular formula is C31H18N4. The van der Waals surface area contributed by atoms with Gasteiger partial charge >= 0.3 is 0 Å². The fourth-order valence-corrected chi connectivity index (χ4v) is 4.70. The third kappa shape index (κ3) is 3.42. The Kier molecular flexibility index (Phi) is 4.84. The highest BCUT2D eigenvalue weighted by molar-refractivity contribution is 6.13. The Bertz CT molecular complexity index is 1720. The first-order valence-corrected chi connectivity index (χ1v) is 11.3. The maximum atomic E-state index is 9.27. The van der Waals surface area contributed by atoms with Crippen LogP contribution in [0.4, 0.5) is 0 Å². The number of hydrogen-bond acceptors (Lipinski definition) is 3. The molecule has 0 bridgehead atoms. The van der Waals surface area contributed by atoms with Crippen LogP contribution in [-0.4, -0.2) is 9.97 Å². The quantitative estimate of drug-likeness (QED) is 0.306. The lowest BCUT2D eigenvalue weighted by molar-refractivity contribution is 1.34. The van der Waals surface area contributed by atoms with Crippen LogP contribution in [0.25, 0.3) is 55.3 Å². The molecule has 35 heavy (non-hydrogen) atoms. The number of fused-ring (bicyclic) bond motifs is 3. The van der Waals surface area contributed by atoms with Crippen LogP contribution in [0.3, 0.4) is 0 Å². The van der Waals surface area contributed by atoms with Crippen molar-refractivity contribution in [2.75, 3.05) is 0 Å². The molecule has 0 aliphatic rings. The molecule has 2 heterocycles. The van der Waals surface area contributed by atoms with Crippen molar-refractivity contribution < 1.29 is 0 Å². The van der Waals surface area contributed by atoms with Crippen LogP contribution in [0, 0.1) is 22.7 Å². The molecule has 0 saturated heterocycles. The molecule has 0 aliphatic heterocycles. The van der Waals surface area contributed by atoms with Gasteiger partial charge in [-0.15, -0.1) is 0 Å². The van der Waals surface area contributed by atoms with Gasteiger partial charge in [0.15, 0.2) is 0 Å². The van der Waals surface area contributed by atoms with Crippen LogP contribution in [-0.2, 0) is 0 Å². The zero-order valence-corrected chi connectivity index (χ0v) is 18.7. The highest BCUT2D eigenvalue weighted by atomic mass is 14.8. The minimum Gasteiger partial charge on any atom is -0.353 e. The molecule has 0 saturated carbocycles. The second-order valence-electron chi connectivity index (χ2n) is 8.36. The molecule has 4 nitrogen and oxygen atoms in total. The third-order valence-corrected chi connectivity index (χ3v) is 6.38. The number of aromatic nitrogens is 2. The molecule has 0 aliphatic carbocycles. The van der Waals surface area contributed by atoms with Crippen LogP contribution in [0.1, 0.15) is 11.1 Å². The highest BCUT2D eigenvalue weighted by Gasteiger charge is 2.19. The first-order chi connectivity index (χ1) is 17.3. The van der Waals surface area contributed by atoms with Crippen molar-refractivity contribution in [3.8, 4) is 45.6 Å². The first kappa shape index (κ1) is 20.4. The van der Waals surface area contributed by atoms with Gasteiger partial charge < -0.3 is 4.98 Å². The van der Waals surface area contributed by atoms with Gasteiger partial charge in [-0.25, -0.2) is 0 Å². The number of nitrogens with one attached hydrogen (secondary N) is 1.